The van der Waals surface area contributed by atoms with Crippen LogP contribution in [0.25, 0.3) is 0 Å². The summed E-state index contributed by atoms with van der Waals surface area (Å²) in [6.07, 6.45) is 0. The molecule has 13 heavy (non-hydrogen) atoms. The molecule has 0 saturated heterocycles. The van der Waals surface area contributed by atoms with E-state index in [-0.39, 0.29) is 0 Å². The van der Waals surface area contributed by atoms with Gasteiger partial charge in [-0.3, -0.25) is 4.79 Å². The Hall–Kier alpha value is -1.82. The topological polar surface area (TPSA) is 66.9 Å². The lowest BCUT2D eigenvalue weighted by Crippen LogP contribution is -2.19. The molecule has 0 aliphatic carbocycles. The quantitative estimate of drug-likeness (QED) is 0.729. The second-order valence-electron chi connectivity index (χ2n) is 2.88. The number of rotatable bonds is 2. The van der Waals surface area contributed by atoms with E-state index >= 15 is 0 Å². The summed E-state index contributed by atoms with van der Waals surface area (Å²) < 4.78 is 0. The van der Waals surface area contributed by atoms with Crippen molar-refractivity contribution < 1.29 is 4.79 Å². The van der Waals surface area contributed by atoms with Crippen molar-refractivity contribution in [1.29, 1.82) is 5.26 Å². The average molecular weight is 174 g/mol. The molecule has 1 rings (SSSR count). The Bertz CT molecular complexity index is 365. The number of aryl methyl sites for hydroxylation is 1. The number of nitrogens with two attached hydrogens (primary N) is 1. The molecular formula is C10H10N2O. The number of primary amides is 1. The van der Waals surface area contributed by atoms with Crippen molar-refractivity contribution in [2.24, 2.45) is 5.73 Å². The van der Waals surface area contributed by atoms with Gasteiger partial charge in [-0.15, -0.1) is 0 Å². The van der Waals surface area contributed by atoms with E-state index < -0.39 is 11.8 Å². The van der Waals surface area contributed by atoms with Gasteiger partial charge in [0.1, 0.15) is 5.92 Å². The molecule has 0 fully saturated rings. The fourth-order valence-electron chi connectivity index (χ4n) is 1.15. The van der Waals surface area contributed by atoms with Crippen LogP contribution in [0.2, 0.25) is 0 Å². The van der Waals surface area contributed by atoms with Gasteiger partial charge in [0, 0.05) is 0 Å². The van der Waals surface area contributed by atoms with Crippen LogP contribution < -0.4 is 5.73 Å². The number of hydrogen-bond donors (Lipinski definition) is 1. The number of nitriles is 1. The Morgan fingerprint density at radius 3 is 2.77 bits per heavy atom. The Balaban J connectivity index is 3.07. The van der Waals surface area contributed by atoms with Crippen LogP contribution in [-0.4, -0.2) is 5.91 Å². The van der Waals surface area contributed by atoms with Crippen molar-refractivity contribution in [3.8, 4) is 6.07 Å². The van der Waals surface area contributed by atoms with E-state index in [0.29, 0.717) is 5.56 Å². The zero-order chi connectivity index (χ0) is 9.84. The van der Waals surface area contributed by atoms with Gasteiger partial charge in [0.25, 0.3) is 0 Å². The van der Waals surface area contributed by atoms with E-state index in [1.807, 2.05) is 19.1 Å². The third-order valence-electron chi connectivity index (χ3n) is 1.79. The molecule has 1 aromatic rings. The minimum atomic E-state index is -0.833. The summed E-state index contributed by atoms with van der Waals surface area (Å²) >= 11 is 0. The van der Waals surface area contributed by atoms with Gasteiger partial charge in [-0.25, -0.2) is 0 Å². The number of amides is 1. The number of carbonyl (C=O) groups is 1. The average Bonchev–Trinajstić information content (AvgIpc) is 2.04. The number of hydrogen-bond acceptors (Lipinski definition) is 2. The molecule has 0 aromatic heterocycles. The zero-order valence-corrected chi connectivity index (χ0v) is 7.32. The van der Waals surface area contributed by atoms with Crippen molar-refractivity contribution in [2.45, 2.75) is 12.8 Å². The van der Waals surface area contributed by atoms with E-state index in [1.165, 1.54) is 0 Å². The van der Waals surface area contributed by atoms with Crippen LogP contribution in [0, 0.1) is 18.3 Å². The van der Waals surface area contributed by atoms with Crippen molar-refractivity contribution in [2.75, 3.05) is 0 Å². The van der Waals surface area contributed by atoms with E-state index in [1.54, 1.807) is 18.2 Å². The summed E-state index contributed by atoms with van der Waals surface area (Å²) in [6, 6.07) is 9.09. The first-order valence-corrected chi connectivity index (χ1v) is 3.90. The van der Waals surface area contributed by atoms with Gasteiger partial charge in [-0.2, -0.15) is 5.26 Å². The van der Waals surface area contributed by atoms with Gasteiger partial charge in [0.05, 0.1) is 6.07 Å². The predicted molar refractivity (Wildman–Crippen MR) is 48.7 cm³/mol. The number of nitrogens with zero attached hydrogens (tertiary/aromatic N) is 1. The second kappa shape index (κ2) is 3.72. The standard InChI is InChI=1S/C10H10N2O/c1-7-3-2-4-8(5-7)9(6-11)10(12)13/h2-5,9H,1H3,(H2,12,13). The van der Waals surface area contributed by atoms with Gasteiger partial charge in [-0.1, -0.05) is 29.8 Å². The van der Waals surface area contributed by atoms with Crippen molar-refractivity contribution in [1.82, 2.24) is 0 Å². The molecule has 1 amide bonds. The number of carbonyl (C=O) groups excluding carboxylic acids is 1. The van der Waals surface area contributed by atoms with E-state index in [0.717, 1.165) is 5.56 Å². The highest BCUT2D eigenvalue weighted by atomic mass is 16.1. The van der Waals surface area contributed by atoms with Gasteiger partial charge < -0.3 is 5.73 Å². The maximum absolute atomic E-state index is 10.8. The molecule has 0 aliphatic rings. The van der Waals surface area contributed by atoms with Crippen LogP contribution in [0.3, 0.4) is 0 Å². The second-order valence-corrected chi connectivity index (χ2v) is 2.88. The Morgan fingerprint density at radius 1 is 1.62 bits per heavy atom. The molecule has 1 aromatic carbocycles. The minimum absolute atomic E-state index is 0.604. The van der Waals surface area contributed by atoms with E-state index in [4.69, 9.17) is 11.0 Å². The van der Waals surface area contributed by atoms with Crippen LogP contribution in [-0.2, 0) is 4.79 Å². The molecular weight excluding hydrogens is 164 g/mol. The third-order valence-corrected chi connectivity index (χ3v) is 1.79. The van der Waals surface area contributed by atoms with E-state index in [2.05, 4.69) is 0 Å². The Morgan fingerprint density at radius 2 is 2.31 bits per heavy atom. The van der Waals surface area contributed by atoms with Crippen LogP contribution in [0.5, 0.6) is 0 Å². The van der Waals surface area contributed by atoms with Crippen molar-refractivity contribution in [3.05, 3.63) is 35.4 Å². The summed E-state index contributed by atoms with van der Waals surface area (Å²) in [5, 5.41) is 8.69. The SMILES string of the molecule is Cc1cccc(C(C#N)C(N)=O)c1. The van der Waals surface area contributed by atoms with Crippen molar-refractivity contribution in [3.63, 3.8) is 0 Å². The first kappa shape index (κ1) is 9.27. The summed E-state index contributed by atoms with van der Waals surface area (Å²) in [4.78, 5) is 10.8. The van der Waals surface area contributed by atoms with Gasteiger partial charge in [0.15, 0.2) is 0 Å². The molecule has 0 spiro atoms. The lowest BCUT2D eigenvalue weighted by Gasteiger charge is -2.04. The van der Waals surface area contributed by atoms with Gasteiger partial charge >= 0.3 is 0 Å². The lowest BCUT2D eigenvalue weighted by molar-refractivity contribution is -0.118. The molecule has 0 saturated carbocycles. The Kier molecular flexibility index (Phi) is 2.65. The highest BCUT2D eigenvalue weighted by Gasteiger charge is 2.16. The first-order valence-electron chi connectivity index (χ1n) is 3.90. The smallest absolute Gasteiger partial charge is 0.239 e. The largest absolute Gasteiger partial charge is 0.368 e. The monoisotopic (exact) mass is 174 g/mol. The highest BCUT2D eigenvalue weighted by Crippen LogP contribution is 2.15. The molecule has 3 heteroatoms. The maximum atomic E-state index is 10.8. The fourth-order valence-corrected chi connectivity index (χ4v) is 1.15. The summed E-state index contributed by atoms with van der Waals surface area (Å²) in [7, 11) is 0. The highest BCUT2D eigenvalue weighted by molar-refractivity contribution is 5.84. The minimum Gasteiger partial charge on any atom is -0.368 e. The molecule has 0 bridgehead atoms. The molecule has 66 valence electrons. The van der Waals surface area contributed by atoms with Crippen LogP contribution in [0.1, 0.15) is 17.0 Å². The van der Waals surface area contributed by atoms with Crippen molar-refractivity contribution >= 4 is 5.91 Å². The molecule has 1 atom stereocenters. The lowest BCUT2D eigenvalue weighted by atomic mass is 9.98. The summed E-state index contributed by atoms with van der Waals surface area (Å²) in [6.45, 7) is 1.90. The van der Waals surface area contributed by atoms with Crippen LogP contribution in [0.15, 0.2) is 24.3 Å². The molecule has 3 nitrogen and oxygen atoms in total. The normalized spacial score (nSPS) is 11.7. The number of benzene rings is 1. The summed E-state index contributed by atoms with van der Waals surface area (Å²) in [5.74, 6) is -1.44. The maximum Gasteiger partial charge on any atom is 0.239 e. The third kappa shape index (κ3) is 2.06. The van der Waals surface area contributed by atoms with Gasteiger partial charge in [0.2, 0.25) is 5.91 Å². The fraction of sp³-hybridized carbons (Fsp3) is 0.200. The molecule has 0 heterocycles. The summed E-state index contributed by atoms with van der Waals surface area (Å²) in [5.41, 5.74) is 6.74. The molecule has 2 N–H and O–H groups in total. The molecule has 0 aliphatic heterocycles. The molecule has 1 unspecified atom stereocenters. The molecule has 0 radical (unpaired) electrons. The predicted octanol–water partition coefficient (Wildman–Crippen LogP) is 1.09. The van der Waals surface area contributed by atoms with E-state index in [9.17, 15) is 4.79 Å². The Labute approximate surface area is 76.8 Å². The zero-order valence-electron chi connectivity index (χ0n) is 7.32. The van der Waals surface area contributed by atoms with Crippen LogP contribution in [0.4, 0.5) is 0 Å². The van der Waals surface area contributed by atoms with Gasteiger partial charge in [-0.05, 0) is 12.5 Å². The first-order chi connectivity index (χ1) is 6.15. The van der Waals surface area contributed by atoms with Crippen LogP contribution >= 0.6 is 0 Å².